The molecule has 0 radical (unpaired) electrons. The molecule has 0 aromatic heterocycles. The molecule has 5 nitrogen and oxygen atoms in total. The van der Waals surface area contributed by atoms with E-state index < -0.39 is 5.60 Å². The van der Waals surface area contributed by atoms with E-state index >= 15 is 0 Å². The largest absolute Gasteiger partial charge is 0.465 e. The first-order valence-electron chi connectivity index (χ1n) is 9.96. The van der Waals surface area contributed by atoms with Crippen LogP contribution in [0, 0.1) is 0 Å². The minimum atomic E-state index is -0.540. The van der Waals surface area contributed by atoms with Crippen molar-refractivity contribution in [2.24, 2.45) is 0 Å². The lowest BCUT2D eigenvalue weighted by Crippen LogP contribution is -2.25. The van der Waals surface area contributed by atoms with Crippen molar-refractivity contribution in [2.45, 2.75) is 58.0 Å². The van der Waals surface area contributed by atoms with Crippen molar-refractivity contribution < 1.29 is 19.1 Å². The van der Waals surface area contributed by atoms with Crippen molar-refractivity contribution in [2.75, 3.05) is 12.8 Å². The highest BCUT2D eigenvalue weighted by Crippen LogP contribution is 2.40. The van der Waals surface area contributed by atoms with Crippen LogP contribution in [-0.2, 0) is 27.1 Å². The van der Waals surface area contributed by atoms with Crippen molar-refractivity contribution >= 4 is 17.6 Å². The van der Waals surface area contributed by atoms with Crippen LogP contribution in [0.3, 0.4) is 0 Å². The Morgan fingerprint density at radius 2 is 1.79 bits per heavy atom. The van der Waals surface area contributed by atoms with E-state index in [1.165, 1.54) is 25.5 Å². The lowest BCUT2D eigenvalue weighted by Gasteiger charge is -2.20. The summed E-state index contributed by atoms with van der Waals surface area (Å²) < 4.78 is 10.4. The van der Waals surface area contributed by atoms with Crippen molar-refractivity contribution in [1.29, 1.82) is 0 Å². The van der Waals surface area contributed by atoms with Crippen LogP contribution in [0.4, 0.5) is 5.69 Å². The summed E-state index contributed by atoms with van der Waals surface area (Å²) in [5.41, 5.74) is 10.5. The molecule has 2 N–H and O–H groups in total. The van der Waals surface area contributed by atoms with E-state index in [0.29, 0.717) is 23.6 Å². The van der Waals surface area contributed by atoms with E-state index in [2.05, 4.69) is 6.07 Å². The third-order valence-corrected chi connectivity index (χ3v) is 4.94. The molecule has 1 aliphatic carbocycles. The smallest absolute Gasteiger partial charge is 0.338 e. The summed E-state index contributed by atoms with van der Waals surface area (Å²) in [6.07, 6.45) is 3.01. The second kappa shape index (κ2) is 8.27. The van der Waals surface area contributed by atoms with Gasteiger partial charge in [0.2, 0.25) is 0 Å². The maximum Gasteiger partial charge on any atom is 0.338 e. The van der Waals surface area contributed by atoms with E-state index in [1.54, 1.807) is 6.07 Å². The number of rotatable bonds is 6. The van der Waals surface area contributed by atoms with Crippen LogP contribution in [0.1, 0.15) is 72.1 Å². The quantitative estimate of drug-likeness (QED) is 0.579. The van der Waals surface area contributed by atoms with Gasteiger partial charge in [-0.25, -0.2) is 4.79 Å². The summed E-state index contributed by atoms with van der Waals surface area (Å²) in [6.45, 7) is 5.51. The molecule has 0 atom stereocenters. The molecule has 154 valence electrons. The molecule has 5 heteroatoms. The van der Waals surface area contributed by atoms with Gasteiger partial charge in [-0.2, -0.15) is 0 Å². The minimum absolute atomic E-state index is 0.113. The van der Waals surface area contributed by atoms with Crippen LogP contribution in [0.2, 0.25) is 0 Å². The summed E-state index contributed by atoms with van der Waals surface area (Å²) in [6, 6.07) is 11.7. The third-order valence-electron chi connectivity index (χ3n) is 4.94. The fourth-order valence-electron chi connectivity index (χ4n) is 3.39. The van der Waals surface area contributed by atoms with E-state index in [0.717, 1.165) is 16.7 Å². The monoisotopic (exact) mass is 395 g/mol. The Bertz CT molecular complexity index is 923. The van der Waals surface area contributed by atoms with Gasteiger partial charge in [0, 0.05) is 5.69 Å². The van der Waals surface area contributed by atoms with E-state index in [9.17, 15) is 9.59 Å². The molecule has 29 heavy (non-hydrogen) atoms. The molecule has 2 aromatic rings. The van der Waals surface area contributed by atoms with Crippen LogP contribution in [-0.4, -0.2) is 24.6 Å². The Morgan fingerprint density at radius 1 is 1.07 bits per heavy atom. The summed E-state index contributed by atoms with van der Waals surface area (Å²) >= 11 is 0. The molecule has 0 unspecified atom stereocenters. The third kappa shape index (κ3) is 5.59. The predicted octanol–water partition coefficient (Wildman–Crippen LogP) is 4.41. The van der Waals surface area contributed by atoms with Gasteiger partial charge < -0.3 is 15.2 Å². The molecule has 1 saturated carbocycles. The van der Waals surface area contributed by atoms with Crippen LogP contribution in [0.25, 0.3) is 0 Å². The SMILES string of the molecule is COC(=O)c1cc(C2CC2)ccc1Cc1ccc(N)c(CC(=O)OC(C)(C)C)c1. The maximum absolute atomic E-state index is 12.3. The van der Waals surface area contributed by atoms with Gasteiger partial charge in [-0.05, 0) is 80.3 Å². The summed E-state index contributed by atoms with van der Waals surface area (Å²) in [4.78, 5) is 24.5. The van der Waals surface area contributed by atoms with Crippen molar-refractivity contribution in [1.82, 2.24) is 0 Å². The van der Waals surface area contributed by atoms with Gasteiger partial charge >= 0.3 is 11.9 Å². The number of anilines is 1. The lowest BCUT2D eigenvalue weighted by molar-refractivity contribution is -0.153. The lowest BCUT2D eigenvalue weighted by atomic mass is 9.95. The molecule has 0 heterocycles. The normalized spacial score (nSPS) is 13.8. The minimum Gasteiger partial charge on any atom is -0.465 e. The Labute approximate surface area is 172 Å². The molecule has 0 amide bonds. The molecular formula is C24H29NO4. The number of nitrogen functional groups attached to an aromatic ring is 1. The number of ether oxygens (including phenoxy) is 2. The van der Waals surface area contributed by atoms with Crippen molar-refractivity contribution in [3.05, 3.63) is 64.2 Å². The van der Waals surface area contributed by atoms with Gasteiger partial charge in [0.15, 0.2) is 0 Å². The first-order valence-corrected chi connectivity index (χ1v) is 9.96. The zero-order valence-electron chi connectivity index (χ0n) is 17.6. The number of hydrogen-bond donors (Lipinski definition) is 1. The number of benzene rings is 2. The summed E-state index contributed by atoms with van der Waals surface area (Å²) in [5, 5.41) is 0. The zero-order chi connectivity index (χ0) is 21.2. The van der Waals surface area contributed by atoms with Gasteiger partial charge in [0.1, 0.15) is 5.60 Å². The van der Waals surface area contributed by atoms with Crippen molar-refractivity contribution in [3.63, 3.8) is 0 Å². The molecular weight excluding hydrogens is 366 g/mol. The second-order valence-electron chi connectivity index (χ2n) is 8.66. The summed E-state index contributed by atoms with van der Waals surface area (Å²) in [7, 11) is 1.40. The van der Waals surface area contributed by atoms with Gasteiger partial charge in [-0.15, -0.1) is 0 Å². The molecule has 0 spiro atoms. The average Bonchev–Trinajstić information content (AvgIpc) is 3.47. The number of esters is 2. The average molecular weight is 395 g/mol. The summed E-state index contributed by atoms with van der Waals surface area (Å²) in [5.74, 6) is -0.0817. The standard InChI is InChI=1S/C24H29NO4/c1-24(2,3)29-22(26)14-19-12-15(5-10-21(19)25)11-18-9-8-17(16-6-7-16)13-20(18)23(27)28-4/h5,8-10,12-13,16H,6-7,11,14,25H2,1-4H3. The number of hydrogen-bond acceptors (Lipinski definition) is 5. The molecule has 0 saturated heterocycles. The fraction of sp³-hybridized carbons (Fsp3) is 0.417. The first-order chi connectivity index (χ1) is 13.7. The first kappa shape index (κ1) is 20.9. The fourth-order valence-corrected chi connectivity index (χ4v) is 3.39. The second-order valence-corrected chi connectivity index (χ2v) is 8.66. The van der Waals surface area contributed by atoms with Crippen LogP contribution in [0.5, 0.6) is 0 Å². The zero-order valence-corrected chi connectivity index (χ0v) is 17.6. The van der Waals surface area contributed by atoms with Crippen LogP contribution < -0.4 is 5.73 Å². The molecule has 1 aliphatic rings. The van der Waals surface area contributed by atoms with Crippen LogP contribution in [0.15, 0.2) is 36.4 Å². The number of nitrogens with two attached hydrogens (primary N) is 1. The Hall–Kier alpha value is -2.82. The Kier molecular flexibility index (Phi) is 5.96. The molecule has 2 aromatic carbocycles. The van der Waals surface area contributed by atoms with Gasteiger partial charge in [0.25, 0.3) is 0 Å². The highest BCUT2D eigenvalue weighted by Gasteiger charge is 2.25. The van der Waals surface area contributed by atoms with Crippen LogP contribution >= 0.6 is 0 Å². The Morgan fingerprint density at radius 3 is 2.41 bits per heavy atom. The van der Waals surface area contributed by atoms with E-state index in [-0.39, 0.29) is 18.4 Å². The molecule has 0 bridgehead atoms. The highest BCUT2D eigenvalue weighted by molar-refractivity contribution is 5.91. The number of methoxy groups -OCH3 is 1. The predicted molar refractivity (Wildman–Crippen MR) is 113 cm³/mol. The topological polar surface area (TPSA) is 78.6 Å². The van der Waals surface area contributed by atoms with Crippen molar-refractivity contribution in [3.8, 4) is 0 Å². The van der Waals surface area contributed by atoms with Gasteiger partial charge in [0.05, 0.1) is 19.1 Å². The number of carbonyl (C=O) groups excluding carboxylic acids is 2. The number of carbonyl (C=O) groups is 2. The van der Waals surface area contributed by atoms with E-state index in [4.69, 9.17) is 15.2 Å². The Balaban J connectivity index is 1.83. The maximum atomic E-state index is 12.3. The highest BCUT2D eigenvalue weighted by atomic mass is 16.6. The molecule has 0 aliphatic heterocycles. The van der Waals surface area contributed by atoms with Gasteiger partial charge in [-0.3, -0.25) is 4.79 Å². The van der Waals surface area contributed by atoms with Gasteiger partial charge in [-0.1, -0.05) is 24.3 Å². The van der Waals surface area contributed by atoms with E-state index in [1.807, 2.05) is 45.0 Å². The molecule has 1 fully saturated rings. The molecule has 3 rings (SSSR count).